The minimum Gasteiger partial charge on any atom is -0.466 e. The maximum absolute atomic E-state index is 13.6. The van der Waals surface area contributed by atoms with E-state index in [-0.39, 0.29) is 19.0 Å². The molecule has 0 saturated heterocycles. The quantitative estimate of drug-likeness (QED) is 0.645. The number of carbonyl (C=O) groups is 1. The standard InChI is InChI=1S/C18H17F3N4O3/c1-9-6-11(10(2)27-9)18-24-23-15(28-18)8-25(3)7-14(26)22-13-5-4-12(19)16(20)17(13)21/h4-6H,7-8H2,1-3H3,(H,22,26). The lowest BCUT2D eigenvalue weighted by molar-refractivity contribution is -0.117. The topological polar surface area (TPSA) is 84.4 Å². The zero-order chi connectivity index (χ0) is 20.4. The maximum Gasteiger partial charge on any atom is 0.251 e. The number of anilines is 1. The van der Waals surface area contributed by atoms with Crippen molar-refractivity contribution in [3.8, 4) is 11.5 Å². The summed E-state index contributed by atoms with van der Waals surface area (Å²) in [4.78, 5) is 13.6. The molecule has 0 aliphatic heterocycles. The molecule has 148 valence electrons. The second kappa shape index (κ2) is 7.85. The number of benzene rings is 1. The maximum atomic E-state index is 13.6. The van der Waals surface area contributed by atoms with E-state index in [0.717, 1.165) is 12.1 Å². The number of nitrogens with one attached hydrogen (secondary N) is 1. The monoisotopic (exact) mass is 394 g/mol. The van der Waals surface area contributed by atoms with Gasteiger partial charge in [-0.2, -0.15) is 0 Å². The summed E-state index contributed by atoms with van der Waals surface area (Å²) >= 11 is 0. The van der Waals surface area contributed by atoms with Crippen LogP contribution < -0.4 is 5.32 Å². The molecule has 0 atom stereocenters. The number of rotatable bonds is 6. The zero-order valence-corrected chi connectivity index (χ0v) is 15.3. The molecule has 7 nitrogen and oxygen atoms in total. The van der Waals surface area contributed by atoms with Gasteiger partial charge in [-0.1, -0.05) is 0 Å². The Morgan fingerprint density at radius 3 is 2.57 bits per heavy atom. The van der Waals surface area contributed by atoms with Crippen molar-refractivity contribution in [1.29, 1.82) is 0 Å². The number of nitrogens with zero attached hydrogens (tertiary/aromatic N) is 3. The van der Waals surface area contributed by atoms with Crippen molar-refractivity contribution >= 4 is 11.6 Å². The van der Waals surface area contributed by atoms with Gasteiger partial charge in [0.2, 0.25) is 11.8 Å². The molecule has 0 aliphatic rings. The third-order valence-corrected chi connectivity index (χ3v) is 3.87. The Morgan fingerprint density at radius 2 is 1.89 bits per heavy atom. The first-order valence-electron chi connectivity index (χ1n) is 8.26. The van der Waals surface area contributed by atoms with Crippen molar-refractivity contribution in [1.82, 2.24) is 15.1 Å². The van der Waals surface area contributed by atoms with E-state index in [1.54, 1.807) is 27.0 Å². The van der Waals surface area contributed by atoms with Gasteiger partial charge < -0.3 is 14.2 Å². The highest BCUT2D eigenvalue weighted by atomic mass is 19.2. The lowest BCUT2D eigenvalue weighted by atomic mass is 10.2. The van der Waals surface area contributed by atoms with Gasteiger partial charge in [0.15, 0.2) is 17.5 Å². The highest BCUT2D eigenvalue weighted by Crippen LogP contribution is 2.25. The second-order valence-corrected chi connectivity index (χ2v) is 6.27. The summed E-state index contributed by atoms with van der Waals surface area (Å²) in [6.45, 7) is 3.56. The predicted octanol–water partition coefficient (Wildman–Crippen LogP) is 3.43. The van der Waals surface area contributed by atoms with Gasteiger partial charge in [-0.15, -0.1) is 10.2 Å². The zero-order valence-electron chi connectivity index (χ0n) is 15.3. The molecule has 3 aromatic rings. The summed E-state index contributed by atoms with van der Waals surface area (Å²) in [6.07, 6.45) is 0. The fourth-order valence-corrected chi connectivity index (χ4v) is 2.61. The van der Waals surface area contributed by atoms with Crippen molar-refractivity contribution in [2.75, 3.05) is 18.9 Å². The van der Waals surface area contributed by atoms with Crippen molar-refractivity contribution in [2.24, 2.45) is 0 Å². The van der Waals surface area contributed by atoms with E-state index in [4.69, 9.17) is 8.83 Å². The van der Waals surface area contributed by atoms with Crippen LogP contribution in [0.15, 0.2) is 27.0 Å². The smallest absolute Gasteiger partial charge is 0.251 e. The Morgan fingerprint density at radius 1 is 1.14 bits per heavy atom. The molecule has 0 fully saturated rings. The molecule has 1 N–H and O–H groups in total. The summed E-state index contributed by atoms with van der Waals surface area (Å²) < 4.78 is 50.8. The van der Waals surface area contributed by atoms with Gasteiger partial charge in [0, 0.05) is 0 Å². The summed E-state index contributed by atoms with van der Waals surface area (Å²) in [5.41, 5.74) is 0.244. The van der Waals surface area contributed by atoms with E-state index in [1.807, 2.05) is 0 Å². The van der Waals surface area contributed by atoms with Gasteiger partial charge in [0.05, 0.1) is 24.3 Å². The molecular formula is C18H17F3N4O3. The first-order chi connectivity index (χ1) is 13.2. The van der Waals surface area contributed by atoms with Crippen LogP contribution in [0.25, 0.3) is 11.5 Å². The molecule has 0 unspecified atom stereocenters. The molecule has 1 aromatic carbocycles. The largest absolute Gasteiger partial charge is 0.466 e. The van der Waals surface area contributed by atoms with Gasteiger partial charge in [-0.25, -0.2) is 13.2 Å². The first kappa shape index (κ1) is 19.6. The van der Waals surface area contributed by atoms with Crippen LogP contribution in [0.2, 0.25) is 0 Å². The number of hydrogen-bond acceptors (Lipinski definition) is 6. The Balaban J connectivity index is 1.60. The van der Waals surface area contributed by atoms with Gasteiger partial charge in [0.25, 0.3) is 5.89 Å². The number of aryl methyl sites for hydroxylation is 2. The van der Waals surface area contributed by atoms with Crippen LogP contribution in [0.1, 0.15) is 17.4 Å². The van der Waals surface area contributed by atoms with E-state index in [2.05, 4.69) is 15.5 Å². The highest BCUT2D eigenvalue weighted by Gasteiger charge is 2.18. The Labute approximate surface area is 158 Å². The van der Waals surface area contributed by atoms with Crippen LogP contribution in [-0.2, 0) is 11.3 Å². The van der Waals surface area contributed by atoms with E-state index in [9.17, 15) is 18.0 Å². The fourth-order valence-electron chi connectivity index (χ4n) is 2.61. The number of amides is 1. The Hall–Kier alpha value is -3.14. The molecule has 0 spiro atoms. The van der Waals surface area contributed by atoms with E-state index in [0.29, 0.717) is 23.0 Å². The van der Waals surface area contributed by atoms with Crippen LogP contribution in [0.3, 0.4) is 0 Å². The average molecular weight is 394 g/mol. The minimum absolute atomic E-state index is 0.149. The van der Waals surface area contributed by atoms with E-state index in [1.165, 1.54) is 4.90 Å². The normalized spacial score (nSPS) is 11.2. The summed E-state index contributed by atoms with van der Waals surface area (Å²) in [7, 11) is 1.61. The van der Waals surface area contributed by atoms with Crippen molar-refractivity contribution in [3.05, 3.63) is 53.1 Å². The molecule has 10 heteroatoms. The van der Waals surface area contributed by atoms with Gasteiger partial charge in [0.1, 0.15) is 11.5 Å². The van der Waals surface area contributed by atoms with Crippen LogP contribution in [0.4, 0.5) is 18.9 Å². The molecule has 0 saturated carbocycles. The molecule has 1 amide bonds. The molecule has 3 rings (SSSR count). The molecule has 2 heterocycles. The number of furan rings is 1. The van der Waals surface area contributed by atoms with E-state index < -0.39 is 29.0 Å². The average Bonchev–Trinajstić information content (AvgIpc) is 3.21. The van der Waals surface area contributed by atoms with Gasteiger partial charge >= 0.3 is 0 Å². The molecule has 2 aromatic heterocycles. The summed E-state index contributed by atoms with van der Waals surface area (Å²) in [5.74, 6) is -3.12. The fraction of sp³-hybridized carbons (Fsp3) is 0.278. The number of aromatic nitrogens is 2. The second-order valence-electron chi connectivity index (χ2n) is 6.27. The SMILES string of the molecule is Cc1cc(-c2nnc(CN(C)CC(=O)Nc3ccc(F)c(F)c3F)o2)c(C)o1. The molecule has 0 bridgehead atoms. The Bertz CT molecular complexity index is 1020. The number of halogens is 3. The van der Waals surface area contributed by atoms with Gasteiger partial charge in [-0.3, -0.25) is 9.69 Å². The number of carbonyl (C=O) groups excluding carboxylic acids is 1. The summed E-state index contributed by atoms with van der Waals surface area (Å²) in [6, 6.07) is 3.46. The number of likely N-dealkylation sites (N-methyl/N-ethyl adjacent to an activating group) is 1. The van der Waals surface area contributed by atoms with E-state index >= 15 is 0 Å². The lowest BCUT2D eigenvalue weighted by Gasteiger charge is -2.14. The Kier molecular flexibility index (Phi) is 5.50. The van der Waals surface area contributed by atoms with Crippen molar-refractivity contribution < 1.29 is 26.8 Å². The summed E-state index contributed by atoms with van der Waals surface area (Å²) in [5, 5.41) is 10.1. The molecule has 0 radical (unpaired) electrons. The third-order valence-electron chi connectivity index (χ3n) is 3.87. The van der Waals surface area contributed by atoms with Crippen LogP contribution in [0, 0.1) is 31.3 Å². The first-order valence-corrected chi connectivity index (χ1v) is 8.26. The van der Waals surface area contributed by atoms with Crippen molar-refractivity contribution in [2.45, 2.75) is 20.4 Å². The number of hydrogen-bond donors (Lipinski definition) is 1. The van der Waals surface area contributed by atoms with Crippen molar-refractivity contribution in [3.63, 3.8) is 0 Å². The van der Waals surface area contributed by atoms with Crippen LogP contribution >= 0.6 is 0 Å². The predicted molar refractivity (Wildman–Crippen MR) is 92.8 cm³/mol. The minimum atomic E-state index is -1.64. The lowest BCUT2D eigenvalue weighted by Crippen LogP contribution is -2.30. The van der Waals surface area contributed by atoms with Crippen LogP contribution in [0.5, 0.6) is 0 Å². The third kappa shape index (κ3) is 4.22. The highest BCUT2D eigenvalue weighted by molar-refractivity contribution is 5.92. The molecule has 0 aliphatic carbocycles. The molecule has 28 heavy (non-hydrogen) atoms. The molecular weight excluding hydrogens is 377 g/mol. The van der Waals surface area contributed by atoms with Gasteiger partial charge in [-0.05, 0) is 39.1 Å². The van der Waals surface area contributed by atoms with Crippen LogP contribution in [-0.4, -0.2) is 34.6 Å².